The van der Waals surface area contributed by atoms with Crippen LogP contribution in [0.25, 0.3) is 0 Å². The van der Waals surface area contributed by atoms with E-state index in [-0.39, 0.29) is 30.0 Å². The fourth-order valence-corrected chi connectivity index (χ4v) is 11.7. The minimum atomic E-state index is -0.149. The van der Waals surface area contributed by atoms with E-state index in [4.69, 9.17) is 23.2 Å². The van der Waals surface area contributed by atoms with Gasteiger partial charge in [0.2, 0.25) is 0 Å². The SMILES string of the molecule is CCC(C)CC(=O)/C(SC1CCC(C2=CCC(Cl)CC2)C(C)(c2ccc(Cl)cc2)[I-]C1)=C(/C)C(C)C. The first-order valence-electron chi connectivity index (χ1n) is 13.6. The van der Waals surface area contributed by atoms with Crippen LogP contribution in [-0.2, 0) is 8.22 Å². The van der Waals surface area contributed by atoms with Gasteiger partial charge < -0.3 is 0 Å². The molecule has 0 saturated carbocycles. The second-order valence-corrected chi connectivity index (χ2v) is 17.4. The zero-order valence-electron chi connectivity index (χ0n) is 22.9. The van der Waals surface area contributed by atoms with Crippen LogP contribution in [0.3, 0.4) is 0 Å². The second kappa shape index (κ2) is 13.9. The summed E-state index contributed by atoms with van der Waals surface area (Å²) in [6.07, 6.45) is 9.73. The Balaban J connectivity index is 1.90. The maximum atomic E-state index is 13.4. The number of hydrogen-bond donors (Lipinski definition) is 0. The van der Waals surface area contributed by atoms with E-state index < -0.39 is 0 Å². The number of Topliss-reactive ketones (excluding diaryl/α,β-unsaturated/α-hetero) is 1. The van der Waals surface area contributed by atoms with Gasteiger partial charge in [0.15, 0.2) is 0 Å². The van der Waals surface area contributed by atoms with Crippen LogP contribution >= 0.6 is 35.0 Å². The molecule has 3 rings (SSSR count). The third-order valence-corrected chi connectivity index (χ3v) is 15.4. The van der Waals surface area contributed by atoms with E-state index >= 15 is 0 Å². The predicted molar refractivity (Wildman–Crippen MR) is 156 cm³/mol. The Kier molecular flexibility index (Phi) is 11.8. The van der Waals surface area contributed by atoms with Gasteiger partial charge in [0.05, 0.1) is 0 Å². The molecule has 0 amide bonds. The zero-order valence-corrected chi connectivity index (χ0v) is 27.4. The Morgan fingerprint density at radius 2 is 1.86 bits per heavy atom. The van der Waals surface area contributed by atoms with Gasteiger partial charge in [-0.15, -0.1) is 0 Å². The van der Waals surface area contributed by atoms with E-state index in [0.29, 0.717) is 35.2 Å². The normalized spacial score (nSPS) is 29.0. The quantitative estimate of drug-likeness (QED) is 0.125. The molecule has 2 aliphatic rings. The average molecular weight is 663 g/mol. The molecule has 0 N–H and O–H groups in total. The first kappa shape index (κ1) is 30.6. The van der Waals surface area contributed by atoms with Gasteiger partial charge in [-0.05, 0) is 0 Å². The van der Waals surface area contributed by atoms with E-state index in [2.05, 4.69) is 71.9 Å². The summed E-state index contributed by atoms with van der Waals surface area (Å²) in [7, 11) is 0. The van der Waals surface area contributed by atoms with E-state index in [0.717, 1.165) is 35.6 Å². The first-order chi connectivity index (χ1) is 17.0. The van der Waals surface area contributed by atoms with Crippen LogP contribution in [0.15, 0.2) is 46.4 Å². The van der Waals surface area contributed by atoms with Crippen LogP contribution in [0.5, 0.6) is 0 Å². The molecule has 1 aromatic carbocycles. The number of benzene rings is 1. The molecular formula is C31H44Cl2IOS-. The Labute approximate surface area is 244 Å². The molecular weight excluding hydrogens is 618 g/mol. The summed E-state index contributed by atoms with van der Waals surface area (Å²) in [6.45, 7) is 13.5. The van der Waals surface area contributed by atoms with E-state index in [1.165, 1.54) is 28.4 Å². The molecule has 0 spiro atoms. The molecule has 5 heteroatoms. The molecule has 1 aliphatic carbocycles. The van der Waals surface area contributed by atoms with Crippen molar-refractivity contribution in [3.8, 4) is 0 Å². The van der Waals surface area contributed by atoms with Gasteiger partial charge in [-0.2, -0.15) is 0 Å². The molecule has 1 heterocycles. The van der Waals surface area contributed by atoms with Gasteiger partial charge in [-0.3, -0.25) is 0 Å². The number of ketones is 1. The van der Waals surface area contributed by atoms with Gasteiger partial charge >= 0.3 is 246 Å². The predicted octanol–water partition coefficient (Wildman–Crippen LogP) is 6.81. The fraction of sp³-hybridized carbons (Fsp3) is 0.645. The van der Waals surface area contributed by atoms with E-state index in [9.17, 15) is 4.79 Å². The first-order valence-corrected chi connectivity index (χ1v) is 17.9. The Morgan fingerprint density at radius 1 is 1.17 bits per heavy atom. The van der Waals surface area contributed by atoms with Crippen LogP contribution in [0, 0.1) is 17.8 Å². The Bertz CT molecular complexity index is 954. The topological polar surface area (TPSA) is 17.1 Å². The van der Waals surface area contributed by atoms with Crippen molar-refractivity contribution in [1.29, 1.82) is 0 Å². The molecule has 1 aliphatic heterocycles. The maximum absolute atomic E-state index is 13.4. The molecule has 202 valence electrons. The van der Waals surface area contributed by atoms with Crippen molar-refractivity contribution in [1.82, 2.24) is 0 Å². The van der Waals surface area contributed by atoms with Crippen molar-refractivity contribution in [3.05, 3.63) is 57.0 Å². The average Bonchev–Trinajstić information content (AvgIpc) is 3.02. The van der Waals surface area contributed by atoms with Crippen LogP contribution < -0.4 is 21.2 Å². The van der Waals surface area contributed by atoms with Crippen molar-refractivity contribution in [3.63, 3.8) is 0 Å². The summed E-state index contributed by atoms with van der Waals surface area (Å²) in [5.74, 6) is 1.76. The standard InChI is InChI=1S/C31H44Cl2IOS/c1-7-21(4)18-29(35)30(22(5)20(2)3)36-27-16-17-28(23-8-12-25(32)13-9-23)31(6,34-19-27)24-10-14-26(33)15-11-24/h8,10-11,14-15,20-21,25,27-28H,7,9,12-13,16-19H2,1-6H3/q-1/b30-22+. The van der Waals surface area contributed by atoms with Crippen LogP contribution in [0.2, 0.25) is 5.02 Å². The summed E-state index contributed by atoms with van der Waals surface area (Å²) in [6, 6.07) is 8.65. The van der Waals surface area contributed by atoms with Gasteiger partial charge in [-0.25, -0.2) is 0 Å². The third kappa shape index (κ3) is 7.79. The minimum absolute atomic E-state index is 0.149. The van der Waals surface area contributed by atoms with Gasteiger partial charge in [0, 0.05) is 0 Å². The molecule has 36 heavy (non-hydrogen) atoms. The number of hydrogen-bond acceptors (Lipinski definition) is 2. The molecule has 1 nitrogen and oxygen atoms in total. The Hall–Kier alpha value is 0.0300. The number of thioether (sulfide) groups is 1. The zero-order chi connectivity index (χ0) is 26.5. The molecule has 0 radical (unpaired) electrons. The van der Waals surface area contributed by atoms with Crippen molar-refractivity contribution in [2.45, 2.75) is 101 Å². The summed E-state index contributed by atoms with van der Waals surface area (Å²) in [5, 5.41) is 1.60. The number of carbonyl (C=O) groups is 1. The molecule has 1 aromatic rings. The number of halogens is 3. The van der Waals surface area contributed by atoms with Crippen molar-refractivity contribution < 1.29 is 26.0 Å². The molecule has 1 saturated heterocycles. The summed E-state index contributed by atoms with van der Waals surface area (Å²) >= 11 is 14.5. The van der Waals surface area contributed by atoms with Gasteiger partial charge in [-0.1, -0.05) is 0 Å². The van der Waals surface area contributed by atoms with Crippen LogP contribution in [0.1, 0.15) is 92.1 Å². The van der Waals surface area contributed by atoms with Crippen molar-refractivity contribution in [2.75, 3.05) is 4.43 Å². The van der Waals surface area contributed by atoms with Crippen LogP contribution in [-0.4, -0.2) is 20.8 Å². The van der Waals surface area contributed by atoms with Crippen molar-refractivity contribution in [2.24, 2.45) is 17.8 Å². The molecule has 1 fully saturated rings. The summed E-state index contributed by atoms with van der Waals surface area (Å²) in [5.41, 5.74) is 4.33. The molecule has 5 unspecified atom stereocenters. The van der Waals surface area contributed by atoms with E-state index in [1.807, 2.05) is 11.8 Å². The fourth-order valence-electron chi connectivity index (χ4n) is 5.22. The van der Waals surface area contributed by atoms with E-state index in [1.54, 1.807) is 5.57 Å². The number of carbonyl (C=O) groups excluding carboxylic acids is 1. The number of alkyl halides is 3. The summed E-state index contributed by atoms with van der Waals surface area (Å²) in [4.78, 5) is 14.5. The third-order valence-electron chi connectivity index (χ3n) is 8.19. The number of allylic oxidation sites excluding steroid dienone is 4. The van der Waals surface area contributed by atoms with Crippen molar-refractivity contribution >= 4 is 40.7 Å². The molecule has 0 bridgehead atoms. The van der Waals surface area contributed by atoms with Gasteiger partial charge in [0.25, 0.3) is 0 Å². The van der Waals surface area contributed by atoms with Gasteiger partial charge in [0.1, 0.15) is 0 Å². The molecule has 0 aromatic heterocycles. The monoisotopic (exact) mass is 661 g/mol. The van der Waals surface area contributed by atoms with Crippen LogP contribution in [0.4, 0.5) is 0 Å². The molecule has 5 atom stereocenters. The Morgan fingerprint density at radius 3 is 2.44 bits per heavy atom. The summed E-state index contributed by atoms with van der Waals surface area (Å²) < 4.78 is 1.40. The number of rotatable bonds is 9. The second-order valence-electron chi connectivity index (χ2n) is 11.2.